The van der Waals surface area contributed by atoms with Gasteiger partial charge in [0.25, 0.3) is 5.91 Å². The van der Waals surface area contributed by atoms with Crippen molar-refractivity contribution in [2.45, 2.75) is 37.5 Å². The molecule has 0 aromatic heterocycles. The lowest BCUT2D eigenvalue weighted by Gasteiger charge is -2.52. The number of likely N-dealkylation sites (N-methyl/N-ethyl adjacent to an activating group) is 1. The summed E-state index contributed by atoms with van der Waals surface area (Å²) >= 11 is 0. The van der Waals surface area contributed by atoms with Crippen molar-refractivity contribution in [3.05, 3.63) is 57.9 Å². The molecule has 2 aromatic carbocycles. The molecule has 10 N–H and O–H groups in total. The minimum absolute atomic E-state index is 0.0283. The van der Waals surface area contributed by atoms with Crippen LogP contribution in [0.1, 0.15) is 23.1 Å². The van der Waals surface area contributed by atoms with E-state index in [4.69, 9.17) is 15.1 Å². The third-order valence-electron chi connectivity index (χ3n) is 9.83. The van der Waals surface area contributed by atoms with Crippen LogP contribution in [0, 0.1) is 18.8 Å². The van der Waals surface area contributed by atoms with Gasteiger partial charge in [0.05, 0.1) is 35.9 Å². The fourth-order valence-electron chi connectivity index (χ4n) is 7.55. The number of carbonyl (C=O) groups excluding carboxylic acids is 4. The molecule has 1 fully saturated rings. The number of nitrogens with two attached hydrogens (primary N) is 1. The predicted octanol–water partition coefficient (Wildman–Crippen LogP) is -1.22. The summed E-state index contributed by atoms with van der Waals surface area (Å²) in [5.41, 5.74) is 2.56. The molecule has 0 bridgehead atoms. The Morgan fingerprint density at radius 3 is 2.54 bits per heavy atom. The van der Waals surface area contributed by atoms with E-state index in [0.29, 0.717) is 28.0 Å². The number of aliphatic hydroxyl groups is 4. The summed E-state index contributed by atoms with van der Waals surface area (Å²) < 4.78 is 10.8. The highest BCUT2D eigenvalue weighted by Crippen LogP contribution is 2.53. The molecule has 1 heterocycles. The number of nitrogens with zero attached hydrogens (tertiary/aromatic N) is 1. The average Bonchev–Trinajstić information content (AvgIpc) is 3.22. The number of anilines is 2. The molecule has 5 atom stereocenters. The average molecular weight is 692 g/mol. The molecular formula is C33H37BN4O12. The van der Waals surface area contributed by atoms with E-state index in [9.17, 15) is 49.7 Å². The van der Waals surface area contributed by atoms with Gasteiger partial charge in [-0.1, -0.05) is 12.1 Å². The number of phenolic OH excluding ortho intramolecular Hbond substituents is 1. The van der Waals surface area contributed by atoms with Crippen LogP contribution in [0.25, 0.3) is 5.76 Å². The molecule has 2 aromatic rings. The van der Waals surface area contributed by atoms with Gasteiger partial charge in [0.2, 0.25) is 11.7 Å². The zero-order valence-corrected chi connectivity index (χ0v) is 27.4. The predicted molar refractivity (Wildman–Crippen MR) is 178 cm³/mol. The highest BCUT2D eigenvalue weighted by atomic mass is 16.6. The SMILES string of the molecule is Cc1cc2c(c(O)c1NCCC(=O)Nc1ccc3c(c1)OCCOB3O)C(O)=C1C(=O)[C@]3(O)C(O)=C(C(N)=O)C(=O)[C@@H](N(C)C)[C@@H]3[C@@H](O)[C@@H]1C2. The van der Waals surface area contributed by atoms with Crippen molar-refractivity contribution in [1.82, 2.24) is 4.90 Å². The molecule has 16 nitrogen and oxygen atoms in total. The van der Waals surface area contributed by atoms with Crippen molar-refractivity contribution >= 4 is 53.1 Å². The van der Waals surface area contributed by atoms with Crippen molar-refractivity contribution in [2.75, 3.05) is 44.5 Å². The summed E-state index contributed by atoms with van der Waals surface area (Å²) in [7, 11) is 1.72. The molecule has 17 heteroatoms. The molecule has 50 heavy (non-hydrogen) atoms. The van der Waals surface area contributed by atoms with E-state index in [-0.39, 0.29) is 49.8 Å². The van der Waals surface area contributed by atoms with Crippen LogP contribution in [0.2, 0.25) is 0 Å². The minimum atomic E-state index is -3.00. The molecule has 0 saturated heterocycles. The van der Waals surface area contributed by atoms with Crippen molar-refractivity contribution in [1.29, 1.82) is 0 Å². The van der Waals surface area contributed by atoms with E-state index >= 15 is 0 Å². The number of fused-ring (bicyclic) bond motifs is 4. The summed E-state index contributed by atoms with van der Waals surface area (Å²) in [5, 5.41) is 73.1. The first-order chi connectivity index (χ1) is 23.6. The lowest BCUT2D eigenvalue weighted by molar-refractivity contribution is -0.168. The fourth-order valence-corrected chi connectivity index (χ4v) is 7.55. The highest BCUT2D eigenvalue weighted by Gasteiger charge is 2.67. The number of aryl methyl sites for hydroxylation is 1. The monoisotopic (exact) mass is 692 g/mol. The van der Waals surface area contributed by atoms with Gasteiger partial charge >= 0.3 is 7.12 Å². The van der Waals surface area contributed by atoms with Crippen LogP contribution in [-0.2, 0) is 30.3 Å². The first kappa shape index (κ1) is 34.9. The molecule has 3 aliphatic carbocycles. The van der Waals surface area contributed by atoms with Gasteiger partial charge in [0, 0.05) is 41.7 Å². The van der Waals surface area contributed by atoms with E-state index in [1.807, 2.05) is 0 Å². The molecule has 2 amide bonds. The van der Waals surface area contributed by atoms with Crippen LogP contribution in [0.4, 0.5) is 11.4 Å². The number of Topliss-reactive ketones (excluding diaryl/α,β-unsaturated/α-hetero) is 2. The van der Waals surface area contributed by atoms with E-state index < -0.39 is 82.6 Å². The number of ether oxygens (including phenoxy) is 1. The maximum absolute atomic E-state index is 14.1. The Hall–Kier alpha value is -4.94. The molecule has 0 radical (unpaired) electrons. The summed E-state index contributed by atoms with van der Waals surface area (Å²) in [6.45, 7) is 2.13. The van der Waals surface area contributed by atoms with Crippen LogP contribution in [0.3, 0.4) is 0 Å². The highest BCUT2D eigenvalue weighted by molar-refractivity contribution is 6.61. The minimum Gasteiger partial charge on any atom is -0.508 e. The number of nitrogens with one attached hydrogen (secondary N) is 2. The van der Waals surface area contributed by atoms with Gasteiger partial charge < -0.3 is 56.3 Å². The molecule has 1 aliphatic heterocycles. The van der Waals surface area contributed by atoms with Gasteiger partial charge in [0.15, 0.2) is 11.4 Å². The van der Waals surface area contributed by atoms with Crippen LogP contribution in [-0.4, -0.2) is 118 Å². The first-order valence-corrected chi connectivity index (χ1v) is 15.9. The van der Waals surface area contributed by atoms with Crippen molar-refractivity contribution in [3.8, 4) is 11.5 Å². The summed E-state index contributed by atoms with van der Waals surface area (Å²) in [4.78, 5) is 53.6. The zero-order valence-electron chi connectivity index (χ0n) is 27.4. The quantitative estimate of drug-likeness (QED) is 0.0937. The van der Waals surface area contributed by atoms with Crippen molar-refractivity contribution in [3.63, 3.8) is 0 Å². The van der Waals surface area contributed by atoms with Gasteiger partial charge in [-0.3, -0.25) is 24.1 Å². The largest absolute Gasteiger partial charge is 0.508 e. The maximum atomic E-state index is 14.1. The number of hydrogen-bond acceptors (Lipinski definition) is 14. The van der Waals surface area contributed by atoms with E-state index in [1.165, 1.54) is 19.0 Å². The second-order valence-corrected chi connectivity index (χ2v) is 13.0. The third kappa shape index (κ3) is 5.38. The van der Waals surface area contributed by atoms with Gasteiger partial charge in [-0.2, -0.15) is 0 Å². The molecule has 6 rings (SSSR count). The summed E-state index contributed by atoms with van der Waals surface area (Å²) in [6.07, 6.45) is -1.84. The van der Waals surface area contributed by atoms with Crippen LogP contribution in [0.5, 0.6) is 11.5 Å². The second kappa shape index (κ2) is 12.7. The first-order valence-electron chi connectivity index (χ1n) is 15.9. The maximum Gasteiger partial charge on any atom is 0.495 e. The van der Waals surface area contributed by atoms with E-state index in [0.717, 1.165) is 0 Å². The topological polar surface area (TPSA) is 261 Å². The molecule has 4 aliphatic rings. The van der Waals surface area contributed by atoms with E-state index in [2.05, 4.69) is 10.6 Å². The Morgan fingerprint density at radius 1 is 1.14 bits per heavy atom. The third-order valence-corrected chi connectivity index (χ3v) is 9.83. The number of aliphatic hydroxyl groups excluding tert-OH is 3. The molecule has 0 unspecified atom stereocenters. The van der Waals surface area contributed by atoms with Crippen molar-refractivity contribution in [2.24, 2.45) is 17.6 Å². The smallest absolute Gasteiger partial charge is 0.495 e. The van der Waals surface area contributed by atoms with Crippen molar-refractivity contribution < 1.29 is 59.1 Å². The van der Waals surface area contributed by atoms with Crippen LogP contribution >= 0.6 is 0 Å². The Kier molecular flexibility index (Phi) is 8.90. The number of carbonyl (C=O) groups is 4. The second-order valence-electron chi connectivity index (χ2n) is 13.0. The summed E-state index contributed by atoms with van der Waals surface area (Å²) in [6, 6.07) is 4.94. The number of benzene rings is 2. The number of ketones is 2. The Balaban J connectivity index is 1.27. The Labute approximate surface area is 285 Å². The Morgan fingerprint density at radius 2 is 1.86 bits per heavy atom. The molecule has 0 spiro atoms. The lowest BCUT2D eigenvalue weighted by Crippen LogP contribution is -2.70. The van der Waals surface area contributed by atoms with Crippen LogP contribution < -0.4 is 26.6 Å². The van der Waals surface area contributed by atoms with E-state index in [1.54, 1.807) is 31.2 Å². The molecule has 264 valence electrons. The number of primary amides is 1. The van der Waals surface area contributed by atoms with Gasteiger partial charge in [-0.25, -0.2) is 0 Å². The van der Waals surface area contributed by atoms with Gasteiger partial charge in [-0.05, 0) is 44.6 Å². The summed E-state index contributed by atoms with van der Waals surface area (Å²) in [5.74, 6) is -8.98. The number of phenols is 1. The number of hydrogen-bond donors (Lipinski definition) is 9. The lowest BCUT2D eigenvalue weighted by atomic mass is 9.56. The standard InChI is InChI=1S/C33H37BN4O12/c1-13-10-14-11-16-21(30(44)33(47)23(26(16)40)25(38(2)3)29(43)22(31(33)45)32(35)46)27(41)20(14)28(42)24(13)36-7-6-19(39)37-15-4-5-17-18(12-15)49-8-9-50-34(17)48/h4-5,10,12,16,23,25-26,36,40-42,45,47-48H,6-9,11H2,1-3H3,(H2,35,46)(H,37,39)/t16-,23-,25+,26+,33+/m1/s1. The number of rotatable bonds is 7. The van der Waals surface area contributed by atoms with Gasteiger partial charge in [-0.15, -0.1) is 0 Å². The Bertz CT molecular complexity index is 1890. The fraction of sp³-hybridized carbons (Fsp3) is 0.394. The number of aromatic hydroxyl groups is 1. The van der Waals surface area contributed by atoms with Gasteiger partial charge in [0.1, 0.15) is 35.2 Å². The van der Waals surface area contributed by atoms with Crippen LogP contribution in [0.15, 0.2) is 41.2 Å². The molecular weight excluding hydrogens is 655 g/mol. The number of amides is 2. The molecule has 1 saturated carbocycles. The zero-order chi connectivity index (χ0) is 36.4. The normalized spacial score (nSPS) is 26.0.